The number of rotatable bonds is 8. The highest BCUT2D eigenvalue weighted by Gasteiger charge is 2.17. The Bertz CT molecular complexity index is 428. The van der Waals surface area contributed by atoms with E-state index in [0.29, 0.717) is 11.8 Å². The Morgan fingerprint density at radius 2 is 1.67 bits per heavy atom. The van der Waals surface area contributed by atoms with Crippen molar-refractivity contribution in [3.05, 3.63) is 22.9 Å². The molecule has 0 amide bonds. The summed E-state index contributed by atoms with van der Waals surface area (Å²) in [7, 11) is 0. The molecule has 0 unspecified atom stereocenters. The predicted molar refractivity (Wildman–Crippen MR) is 93.0 cm³/mol. The van der Waals surface area contributed by atoms with Crippen LogP contribution in [0.25, 0.3) is 0 Å². The minimum atomic E-state index is 0.637. The molecular weight excluding hydrogens is 258 g/mol. The molecule has 1 rings (SSSR count). The minimum absolute atomic E-state index is 0.637. The molecule has 1 heterocycles. The van der Waals surface area contributed by atoms with Crippen LogP contribution in [0.1, 0.15) is 51.4 Å². The van der Waals surface area contributed by atoms with Crippen LogP contribution in [0.2, 0.25) is 0 Å². The lowest BCUT2D eigenvalue weighted by Crippen LogP contribution is -2.34. The van der Waals surface area contributed by atoms with Crippen molar-refractivity contribution in [2.75, 3.05) is 24.5 Å². The van der Waals surface area contributed by atoms with Crippen molar-refractivity contribution >= 4 is 5.82 Å². The first-order valence-electron chi connectivity index (χ1n) is 8.27. The van der Waals surface area contributed by atoms with Crippen molar-refractivity contribution in [2.24, 2.45) is 11.8 Å². The Kier molecular flexibility index (Phi) is 7.16. The quantitative estimate of drug-likeness (QED) is 0.786. The van der Waals surface area contributed by atoms with Crippen LogP contribution in [0.15, 0.2) is 6.07 Å². The maximum atomic E-state index is 4.88. The Hall–Kier alpha value is -1.09. The van der Waals surface area contributed by atoms with Gasteiger partial charge in [-0.3, -0.25) is 0 Å². The highest BCUT2D eigenvalue weighted by Crippen LogP contribution is 2.24. The fourth-order valence-electron chi connectivity index (χ4n) is 2.70. The molecule has 1 N–H and O–H groups in total. The van der Waals surface area contributed by atoms with Gasteiger partial charge in [0.25, 0.3) is 0 Å². The first-order chi connectivity index (χ1) is 9.85. The monoisotopic (exact) mass is 291 g/mol. The molecule has 0 bridgehead atoms. The molecule has 0 aliphatic carbocycles. The third kappa shape index (κ3) is 5.66. The van der Waals surface area contributed by atoms with E-state index in [2.05, 4.69) is 64.7 Å². The molecule has 0 aliphatic rings. The lowest BCUT2D eigenvalue weighted by molar-refractivity contribution is 0.545. The van der Waals surface area contributed by atoms with E-state index in [1.165, 1.54) is 16.9 Å². The number of aryl methyl sites for hydroxylation is 2. The van der Waals surface area contributed by atoms with Crippen molar-refractivity contribution in [1.29, 1.82) is 0 Å². The zero-order valence-electron chi connectivity index (χ0n) is 15.0. The first-order valence-corrected chi connectivity index (χ1v) is 8.27. The molecule has 21 heavy (non-hydrogen) atoms. The zero-order chi connectivity index (χ0) is 16.0. The molecule has 0 aliphatic heterocycles. The van der Waals surface area contributed by atoms with Gasteiger partial charge in [-0.2, -0.15) is 0 Å². The fourth-order valence-corrected chi connectivity index (χ4v) is 2.70. The summed E-state index contributed by atoms with van der Waals surface area (Å²) in [5.41, 5.74) is 3.81. The molecule has 0 fully saturated rings. The van der Waals surface area contributed by atoms with Gasteiger partial charge in [-0.15, -0.1) is 0 Å². The van der Waals surface area contributed by atoms with E-state index in [4.69, 9.17) is 4.98 Å². The Morgan fingerprint density at radius 1 is 1.10 bits per heavy atom. The second-order valence-electron chi connectivity index (χ2n) is 6.86. The number of nitrogens with one attached hydrogen (secondary N) is 1. The third-order valence-corrected chi connectivity index (χ3v) is 3.48. The summed E-state index contributed by atoms with van der Waals surface area (Å²) in [6.45, 7) is 19.6. The molecule has 0 aromatic carbocycles. The zero-order valence-corrected chi connectivity index (χ0v) is 15.0. The van der Waals surface area contributed by atoms with Crippen LogP contribution >= 0.6 is 0 Å². The average Bonchev–Trinajstić information content (AvgIpc) is 2.35. The van der Waals surface area contributed by atoms with E-state index in [0.717, 1.165) is 31.9 Å². The van der Waals surface area contributed by atoms with Crippen LogP contribution in [0.3, 0.4) is 0 Å². The van der Waals surface area contributed by atoms with Gasteiger partial charge >= 0.3 is 0 Å². The van der Waals surface area contributed by atoms with Gasteiger partial charge in [0, 0.05) is 30.9 Å². The van der Waals surface area contributed by atoms with Gasteiger partial charge in [0.05, 0.1) is 0 Å². The highest BCUT2D eigenvalue weighted by atomic mass is 15.2. The highest BCUT2D eigenvalue weighted by molar-refractivity contribution is 5.51. The van der Waals surface area contributed by atoms with E-state index in [1.807, 2.05) is 0 Å². The number of pyridine rings is 1. The van der Waals surface area contributed by atoms with Gasteiger partial charge in [0.2, 0.25) is 0 Å². The van der Waals surface area contributed by atoms with Crippen molar-refractivity contribution in [2.45, 2.75) is 55.0 Å². The molecule has 0 spiro atoms. The summed E-state index contributed by atoms with van der Waals surface area (Å²) < 4.78 is 0. The van der Waals surface area contributed by atoms with Crippen molar-refractivity contribution in [3.8, 4) is 0 Å². The largest absolute Gasteiger partial charge is 0.356 e. The number of nitrogens with zero attached hydrogens (tertiary/aromatic N) is 2. The molecule has 0 saturated carbocycles. The molecule has 120 valence electrons. The first kappa shape index (κ1) is 18.0. The van der Waals surface area contributed by atoms with Gasteiger partial charge < -0.3 is 10.2 Å². The van der Waals surface area contributed by atoms with Crippen LogP contribution in [-0.2, 0) is 6.54 Å². The van der Waals surface area contributed by atoms with Crippen LogP contribution in [0.5, 0.6) is 0 Å². The van der Waals surface area contributed by atoms with E-state index in [9.17, 15) is 0 Å². The summed E-state index contributed by atoms with van der Waals surface area (Å²) in [4.78, 5) is 7.35. The van der Waals surface area contributed by atoms with Crippen molar-refractivity contribution in [1.82, 2.24) is 10.3 Å². The smallest absolute Gasteiger partial charge is 0.133 e. The molecule has 0 radical (unpaired) electrons. The minimum Gasteiger partial charge on any atom is -0.356 e. The van der Waals surface area contributed by atoms with Gasteiger partial charge in [-0.25, -0.2) is 4.98 Å². The molecule has 0 atom stereocenters. The van der Waals surface area contributed by atoms with Crippen LogP contribution in [0, 0.1) is 25.7 Å². The average molecular weight is 291 g/mol. The maximum absolute atomic E-state index is 4.88. The van der Waals surface area contributed by atoms with Gasteiger partial charge in [0.15, 0.2) is 0 Å². The fraction of sp³-hybridized carbons (Fsp3) is 0.722. The summed E-state index contributed by atoms with van der Waals surface area (Å²) in [6.07, 6.45) is 0. The summed E-state index contributed by atoms with van der Waals surface area (Å²) >= 11 is 0. The number of hydrogen-bond acceptors (Lipinski definition) is 3. The van der Waals surface area contributed by atoms with Gasteiger partial charge in [-0.1, -0.05) is 34.6 Å². The van der Waals surface area contributed by atoms with Crippen molar-refractivity contribution in [3.63, 3.8) is 0 Å². The normalized spacial score (nSPS) is 11.5. The van der Waals surface area contributed by atoms with Gasteiger partial charge in [-0.05, 0) is 43.9 Å². The molecule has 0 saturated heterocycles. The number of anilines is 1. The molecular formula is C18H33N3. The molecule has 1 aromatic heterocycles. The third-order valence-electron chi connectivity index (χ3n) is 3.48. The Morgan fingerprint density at radius 3 is 2.14 bits per heavy atom. The van der Waals surface area contributed by atoms with E-state index < -0.39 is 0 Å². The standard InChI is InChI=1S/C18H33N3/c1-8-19-10-17-15(6)9-16(7)20-18(17)21(11-13(2)3)12-14(4)5/h9,13-14,19H,8,10-12H2,1-7H3. The van der Waals surface area contributed by atoms with Crippen LogP contribution < -0.4 is 10.2 Å². The second kappa shape index (κ2) is 8.38. The summed E-state index contributed by atoms with van der Waals surface area (Å²) in [5.74, 6) is 2.45. The molecule has 1 aromatic rings. The Labute approximate surface area is 131 Å². The van der Waals surface area contributed by atoms with Crippen LogP contribution in [-0.4, -0.2) is 24.6 Å². The number of hydrogen-bond donors (Lipinski definition) is 1. The SMILES string of the molecule is CCNCc1c(C)cc(C)nc1N(CC(C)C)CC(C)C. The second-order valence-corrected chi connectivity index (χ2v) is 6.86. The predicted octanol–water partition coefficient (Wildman–Crippen LogP) is 3.93. The van der Waals surface area contributed by atoms with Crippen molar-refractivity contribution < 1.29 is 0 Å². The maximum Gasteiger partial charge on any atom is 0.133 e. The van der Waals surface area contributed by atoms with E-state index >= 15 is 0 Å². The number of aromatic nitrogens is 1. The van der Waals surface area contributed by atoms with E-state index in [-0.39, 0.29) is 0 Å². The molecule has 3 heteroatoms. The topological polar surface area (TPSA) is 28.2 Å². The van der Waals surface area contributed by atoms with Gasteiger partial charge in [0.1, 0.15) is 5.82 Å². The Balaban J connectivity index is 3.19. The lowest BCUT2D eigenvalue weighted by atomic mass is 10.1. The van der Waals surface area contributed by atoms with E-state index in [1.54, 1.807) is 0 Å². The molecule has 3 nitrogen and oxygen atoms in total. The van der Waals surface area contributed by atoms with Crippen LogP contribution in [0.4, 0.5) is 5.82 Å². The summed E-state index contributed by atoms with van der Waals surface area (Å²) in [5, 5.41) is 3.46. The summed E-state index contributed by atoms with van der Waals surface area (Å²) in [6, 6.07) is 2.19. The lowest BCUT2D eigenvalue weighted by Gasteiger charge is -2.30.